The second-order valence-corrected chi connectivity index (χ2v) is 9.80. The topological polar surface area (TPSA) is 62.2 Å². The lowest BCUT2D eigenvalue weighted by Crippen LogP contribution is -2.48. The lowest BCUT2D eigenvalue weighted by Gasteiger charge is -2.37. The molecule has 2 atom stereocenters. The summed E-state index contributed by atoms with van der Waals surface area (Å²) in [5.41, 5.74) is 2.31. The van der Waals surface area contributed by atoms with Crippen molar-refractivity contribution in [3.05, 3.63) is 64.4 Å². The van der Waals surface area contributed by atoms with Gasteiger partial charge in [0.05, 0.1) is 31.4 Å². The van der Waals surface area contributed by atoms with Crippen molar-refractivity contribution in [1.29, 1.82) is 0 Å². The minimum atomic E-state index is -0.662. The third-order valence-corrected chi connectivity index (χ3v) is 6.65. The first-order valence-electron chi connectivity index (χ1n) is 11.6. The third-order valence-electron chi connectivity index (χ3n) is 5.65. The van der Waals surface area contributed by atoms with Gasteiger partial charge in [-0.25, -0.2) is 0 Å². The Morgan fingerprint density at radius 1 is 1.39 bits per heavy atom. The van der Waals surface area contributed by atoms with Gasteiger partial charge >= 0.3 is 0 Å². The average molecular weight is 473 g/mol. The van der Waals surface area contributed by atoms with E-state index in [4.69, 9.17) is 9.47 Å². The number of rotatable bonds is 12. The van der Waals surface area contributed by atoms with Gasteiger partial charge in [0.15, 0.2) is 0 Å². The zero-order valence-corrected chi connectivity index (χ0v) is 20.7. The van der Waals surface area contributed by atoms with E-state index in [1.807, 2.05) is 54.8 Å². The van der Waals surface area contributed by atoms with Gasteiger partial charge in [0.2, 0.25) is 5.91 Å². The Hall–Kier alpha value is -2.19. The molecule has 3 rings (SSSR count). The summed E-state index contributed by atoms with van der Waals surface area (Å²) in [5, 5.41) is 12.5. The van der Waals surface area contributed by atoms with E-state index in [1.165, 1.54) is 10.4 Å². The van der Waals surface area contributed by atoms with E-state index in [9.17, 15) is 9.90 Å². The van der Waals surface area contributed by atoms with Gasteiger partial charge in [-0.3, -0.25) is 9.69 Å². The summed E-state index contributed by atoms with van der Waals surface area (Å²) < 4.78 is 11.6. The van der Waals surface area contributed by atoms with Crippen molar-refractivity contribution in [3.8, 4) is 5.75 Å². The highest BCUT2D eigenvalue weighted by molar-refractivity contribution is 7.10. The summed E-state index contributed by atoms with van der Waals surface area (Å²) in [6.45, 7) is 12.1. The summed E-state index contributed by atoms with van der Waals surface area (Å²) in [5.74, 6) is 0.842. The van der Waals surface area contributed by atoms with Crippen LogP contribution in [-0.4, -0.2) is 72.4 Å². The fourth-order valence-corrected chi connectivity index (χ4v) is 5.01. The van der Waals surface area contributed by atoms with Crippen molar-refractivity contribution >= 4 is 17.2 Å². The van der Waals surface area contributed by atoms with E-state index >= 15 is 0 Å². The first-order chi connectivity index (χ1) is 15.9. The summed E-state index contributed by atoms with van der Waals surface area (Å²) in [6.07, 6.45) is 2.00. The predicted octanol–water partition coefficient (Wildman–Crippen LogP) is 3.84. The first kappa shape index (κ1) is 25.4. The number of nitrogens with zero attached hydrogens (tertiary/aromatic N) is 2. The van der Waals surface area contributed by atoms with E-state index in [-0.39, 0.29) is 31.2 Å². The van der Waals surface area contributed by atoms with Crippen molar-refractivity contribution in [3.63, 3.8) is 0 Å². The van der Waals surface area contributed by atoms with Gasteiger partial charge in [0.1, 0.15) is 12.4 Å². The number of hydrogen-bond acceptors (Lipinski definition) is 6. The van der Waals surface area contributed by atoms with Crippen LogP contribution < -0.4 is 4.74 Å². The molecule has 0 radical (unpaired) electrons. The van der Waals surface area contributed by atoms with Crippen LogP contribution in [0.5, 0.6) is 5.75 Å². The maximum atomic E-state index is 13.4. The summed E-state index contributed by atoms with van der Waals surface area (Å²) in [4.78, 5) is 18.6. The molecule has 180 valence electrons. The van der Waals surface area contributed by atoms with E-state index < -0.39 is 6.10 Å². The summed E-state index contributed by atoms with van der Waals surface area (Å²) in [7, 11) is 0. The Bertz CT molecular complexity index is 913. The van der Waals surface area contributed by atoms with Gasteiger partial charge < -0.3 is 19.5 Å². The minimum absolute atomic E-state index is 0.0310. The van der Waals surface area contributed by atoms with Crippen LogP contribution in [-0.2, 0) is 16.0 Å². The van der Waals surface area contributed by atoms with E-state index in [2.05, 4.69) is 18.0 Å². The zero-order chi connectivity index (χ0) is 23.8. The normalized spacial score (nSPS) is 16.7. The Kier molecular flexibility index (Phi) is 9.50. The highest BCUT2D eigenvalue weighted by Gasteiger charge is 2.33. The molecule has 6 nitrogen and oxygen atoms in total. The van der Waals surface area contributed by atoms with E-state index in [1.54, 1.807) is 17.4 Å². The van der Waals surface area contributed by atoms with Crippen LogP contribution in [0.1, 0.15) is 35.9 Å². The van der Waals surface area contributed by atoms with Crippen LogP contribution in [0.2, 0.25) is 0 Å². The number of fused-ring (bicyclic) bond motifs is 1. The Balaban J connectivity index is 1.68. The van der Waals surface area contributed by atoms with Gasteiger partial charge in [-0.1, -0.05) is 18.2 Å². The van der Waals surface area contributed by atoms with Gasteiger partial charge in [-0.05, 0) is 61.9 Å². The number of carbonyl (C=O) groups is 1. The molecule has 33 heavy (non-hydrogen) atoms. The maximum Gasteiger partial charge on any atom is 0.237 e. The molecule has 0 spiro atoms. The number of aliphatic hydroxyl groups is 1. The minimum Gasteiger partial charge on any atom is -0.491 e. The van der Waals surface area contributed by atoms with Crippen LogP contribution >= 0.6 is 11.3 Å². The second kappa shape index (κ2) is 12.3. The highest BCUT2D eigenvalue weighted by atomic mass is 32.1. The molecule has 0 aliphatic carbocycles. The average Bonchev–Trinajstić information content (AvgIpc) is 3.25. The highest BCUT2D eigenvalue weighted by Crippen LogP contribution is 2.34. The standard InChI is InChI=1S/C26H36N2O4S/c1-5-11-27(15-21(29)17-31-19(2)3)16-26(30)28-12-9-25-23(10-13-33-25)24(28)18-32-22-8-6-7-20(4)14-22/h5-8,10,13-14,19,21,24,29H,1,9,11-12,15-18H2,2-4H3/t21-,24+/m1/s1. The van der Waals surface area contributed by atoms with Gasteiger partial charge in [-0.2, -0.15) is 0 Å². The Morgan fingerprint density at radius 3 is 2.94 bits per heavy atom. The number of ether oxygens (including phenoxy) is 2. The molecule has 2 aromatic rings. The molecular formula is C26H36N2O4S. The fourth-order valence-electron chi connectivity index (χ4n) is 4.08. The van der Waals surface area contributed by atoms with Gasteiger partial charge in [0, 0.05) is 24.5 Å². The van der Waals surface area contributed by atoms with Crippen LogP contribution in [0.3, 0.4) is 0 Å². The molecule has 1 N–H and O–H groups in total. The van der Waals surface area contributed by atoms with Crippen molar-refractivity contribution in [2.24, 2.45) is 0 Å². The molecule has 1 aromatic carbocycles. The molecule has 1 aromatic heterocycles. The molecule has 1 aliphatic heterocycles. The van der Waals surface area contributed by atoms with Crippen molar-refractivity contribution in [2.75, 3.05) is 39.4 Å². The number of carbonyl (C=O) groups excluding carboxylic acids is 1. The number of hydrogen-bond donors (Lipinski definition) is 1. The number of thiophene rings is 1. The quantitative estimate of drug-likeness (QED) is 0.476. The monoisotopic (exact) mass is 472 g/mol. The van der Waals surface area contributed by atoms with Crippen molar-refractivity contribution in [2.45, 2.75) is 45.4 Å². The molecule has 0 unspecified atom stereocenters. The molecule has 2 heterocycles. The smallest absolute Gasteiger partial charge is 0.237 e. The van der Waals surface area contributed by atoms with Gasteiger partial charge in [-0.15, -0.1) is 17.9 Å². The molecular weight excluding hydrogens is 436 g/mol. The number of aryl methyl sites for hydroxylation is 1. The third kappa shape index (κ3) is 7.40. The lowest BCUT2D eigenvalue weighted by atomic mass is 10.0. The zero-order valence-electron chi connectivity index (χ0n) is 19.9. The molecule has 1 amide bonds. The number of benzene rings is 1. The fraction of sp³-hybridized carbons (Fsp3) is 0.500. The van der Waals surface area contributed by atoms with Crippen molar-refractivity contribution in [1.82, 2.24) is 9.80 Å². The van der Waals surface area contributed by atoms with E-state index in [0.717, 1.165) is 17.7 Å². The van der Waals surface area contributed by atoms with Gasteiger partial charge in [0.25, 0.3) is 0 Å². The van der Waals surface area contributed by atoms with Crippen molar-refractivity contribution < 1.29 is 19.4 Å². The van der Waals surface area contributed by atoms with E-state index in [0.29, 0.717) is 26.2 Å². The Labute approximate surface area is 201 Å². The lowest BCUT2D eigenvalue weighted by molar-refractivity contribution is -0.136. The molecule has 0 saturated heterocycles. The largest absolute Gasteiger partial charge is 0.491 e. The Morgan fingerprint density at radius 2 is 2.21 bits per heavy atom. The predicted molar refractivity (Wildman–Crippen MR) is 133 cm³/mol. The van der Waals surface area contributed by atoms with Crippen LogP contribution in [0.15, 0.2) is 48.4 Å². The van der Waals surface area contributed by atoms with Crippen LogP contribution in [0.25, 0.3) is 0 Å². The summed E-state index contributed by atoms with van der Waals surface area (Å²) >= 11 is 1.74. The number of amides is 1. The first-order valence-corrected chi connectivity index (χ1v) is 12.4. The molecule has 0 saturated carbocycles. The maximum absolute atomic E-state index is 13.4. The molecule has 7 heteroatoms. The molecule has 0 bridgehead atoms. The SMILES string of the molecule is C=CCN(CC(=O)N1CCc2sccc2[C@@H]1COc1cccc(C)c1)C[C@@H](O)COC(C)C. The number of aliphatic hydroxyl groups excluding tert-OH is 1. The molecule has 1 aliphatic rings. The van der Waals surface area contributed by atoms with Crippen LogP contribution in [0, 0.1) is 6.92 Å². The summed E-state index contributed by atoms with van der Waals surface area (Å²) in [6, 6.07) is 9.95. The van der Waals surface area contributed by atoms with Crippen LogP contribution in [0.4, 0.5) is 0 Å². The second-order valence-electron chi connectivity index (χ2n) is 8.80. The molecule has 0 fully saturated rings.